The molecule has 25 heavy (non-hydrogen) atoms. The second-order valence-corrected chi connectivity index (χ2v) is 8.12. The average Bonchev–Trinajstić information content (AvgIpc) is 3.12. The van der Waals surface area contributed by atoms with E-state index in [9.17, 15) is 13.2 Å². The van der Waals surface area contributed by atoms with Gasteiger partial charge in [-0.15, -0.1) is 0 Å². The van der Waals surface area contributed by atoms with Crippen molar-refractivity contribution in [2.75, 3.05) is 26.3 Å². The van der Waals surface area contributed by atoms with Crippen molar-refractivity contribution in [2.24, 2.45) is 0 Å². The van der Waals surface area contributed by atoms with Crippen LogP contribution < -0.4 is 14.2 Å². The molecular formula is C17H24N2O5S. The lowest BCUT2D eigenvalue weighted by Gasteiger charge is -2.28. The predicted octanol–water partition coefficient (Wildman–Crippen LogP) is 1.53. The third kappa shape index (κ3) is 4.24. The van der Waals surface area contributed by atoms with Crippen LogP contribution in [0.15, 0.2) is 23.1 Å². The summed E-state index contributed by atoms with van der Waals surface area (Å²) >= 11 is 0. The Morgan fingerprint density at radius 2 is 1.88 bits per heavy atom. The van der Waals surface area contributed by atoms with Crippen LogP contribution in [0.3, 0.4) is 0 Å². The minimum atomic E-state index is -3.66. The number of nitrogens with zero attached hydrogens (tertiary/aromatic N) is 1. The van der Waals surface area contributed by atoms with Gasteiger partial charge in [0.2, 0.25) is 15.9 Å². The number of carbonyl (C=O) groups excluding carboxylic acids is 1. The molecule has 1 aliphatic carbocycles. The molecule has 0 saturated heterocycles. The zero-order valence-corrected chi connectivity index (χ0v) is 15.2. The molecular weight excluding hydrogens is 344 g/mol. The van der Waals surface area contributed by atoms with Crippen molar-refractivity contribution >= 4 is 15.9 Å². The van der Waals surface area contributed by atoms with Crippen molar-refractivity contribution in [3.05, 3.63) is 18.2 Å². The summed E-state index contributed by atoms with van der Waals surface area (Å²) in [5.74, 6) is 0.977. The Balaban J connectivity index is 1.62. The zero-order valence-electron chi connectivity index (χ0n) is 14.4. The van der Waals surface area contributed by atoms with E-state index in [0.29, 0.717) is 31.3 Å². The number of amides is 1. The summed E-state index contributed by atoms with van der Waals surface area (Å²) in [5.41, 5.74) is 0. The summed E-state index contributed by atoms with van der Waals surface area (Å²) in [7, 11) is -3.66. The van der Waals surface area contributed by atoms with E-state index in [1.807, 2.05) is 0 Å². The molecule has 0 spiro atoms. The van der Waals surface area contributed by atoms with Crippen LogP contribution >= 0.6 is 0 Å². The number of sulfonamides is 1. The second kappa shape index (κ2) is 7.61. The van der Waals surface area contributed by atoms with Gasteiger partial charge in [0.1, 0.15) is 13.2 Å². The number of rotatable bonds is 6. The maximum atomic E-state index is 12.5. The van der Waals surface area contributed by atoms with Crippen molar-refractivity contribution in [1.82, 2.24) is 9.62 Å². The molecule has 1 fully saturated rings. The van der Waals surface area contributed by atoms with Gasteiger partial charge >= 0.3 is 0 Å². The summed E-state index contributed by atoms with van der Waals surface area (Å²) in [6, 6.07) is 4.80. The lowest BCUT2D eigenvalue weighted by atomic mass is 10.2. The summed E-state index contributed by atoms with van der Waals surface area (Å²) in [5, 5.41) is 0. The number of carbonyl (C=O) groups is 1. The van der Waals surface area contributed by atoms with Crippen molar-refractivity contribution in [2.45, 2.75) is 43.5 Å². The van der Waals surface area contributed by atoms with Crippen LogP contribution in [0.5, 0.6) is 11.5 Å². The highest BCUT2D eigenvalue weighted by Gasteiger charge is 2.25. The Morgan fingerprint density at radius 1 is 1.20 bits per heavy atom. The quantitative estimate of drug-likeness (QED) is 0.823. The van der Waals surface area contributed by atoms with Gasteiger partial charge in [-0.3, -0.25) is 4.79 Å². The molecule has 8 heteroatoms. The first-order valence-electron chi connectivity index (χ1n) is 8.64. The highest BCUT2D eigenvalue weighted by Crippen LogP contribution is 2.32. The maximum absolute atomic E-state index is 12.5. The summed E-state index contributed by atoms with van der Waals surface area (Å²) < 4.78 is 38.4. The fourth-order valence-electron chi connectivity index (χ4n) is 3.39. The largest absolute Gasteiger partial charge is 0.486 e. The smallest absolute Gasteiger partial charge is 0.240 e. The topological polar surface area (TPSA) is 84.9 Å². The minimum absolute atomic E-state index is 0.00886. The lowest BCUT2D eigenvalue weighted by Crippen LogP contribution is -2.42. The van der Waals surface area contributed by atoms with E-state index in [1.165, 1.54) is 19.1 Å². The number of ether oxygens (including phenoxy) is 2. The summed E-state index contributed by atoms with van der Waals surface area (Å²) in [6.45, 7) is 2.96. The van der Waals surface area contributed by atoms with Gasteiger partial charge in [0, 0.05) is 32.1 Å². The molecule has 1 aromatic rings. The number of benzene rings is 1. The first-order valence-corrected chi connectivity index (χ1v) is 10.1. The van der Waals surface area contributed by atoms with E-state index in [1.54, 1.807) is 11.0 Å². The fourth-order valence-corrected chi connectivity index (χ4v) is 4.42. The molecule has 7 nitrogen and oxygen atoms in total. The number of hydrogen-bond acceptors (Lipinski definition) is 5. The van der Waals surface area contributed by atoms with Gasteiger partial charge in [0.25, 0.3) is 0 Å². The Morgan fingerprint density at radius 3 is 2.56 bits per heavy atom. The number of hydrogen-bond donors (Lipinski definition) is 1. The lowest BCUT2D eigenvalue weighted by molar-refractivity contribution is -0.130. The van der Waals surface area contributed by atoms with E-state index in [-0.39, 0.29) is 23.4 Å². The monoisotopic (exact) mass is 368 g/mol. The molecule has 1 aromatic carbocycles. The first-order chi connectivity index (χ1) is 12.0. The molecule has 0 radical (unpaired) electrons. The number of nitrogens with one attached hydrogen (secondary N) is 1. The molecule has 3 rings (SSSR count). The van der Waals surface area contributed by atoms with Gasteiger partial charge in [0.05, 0.1) is 4.90 Å². The van der Waals surface area contributed by atoms with Gasteiger partial charge in [-0.25, -0.2) is 13.1 Å². The van der Waals surface area contributed by atoms with Gasteiger partial charge in [-0.05, 0) is 25.0 Å². The Labute approximate surface area is 148 Å². The van der Waals surface area contributed by atoms with E-state index in [0.717, 1.165) is 25.7 Å². The standard InChI is InChI=1S/C17H24N2O5S/c1-13(20)19(14-4-2-3-5-14)9-8-18-25(21,22)15-6-7-16-17(12-15)24-11-10-23-16/h6-7,12,14,18H,2-5,8-11H2,1H3. The van der Waals surface area contributed by atoms with Gasteiger partial charge in [0.15, 0.2) is 11.5 Å². The second-order valence-electron chi connectivity index (χ2n) is 6.35. The van der Waals surface area contributed by atoms with Crippen LogP contribution in [0.25, 0.3) is 0 Å². The summed E-state index contributed by atoms with van der Waals surface area (Å²) in [6.07, 6.45) is 4.23. The molecule has 0 unspecified atom stereocenters. The van der Waals surface area contributed by atoms with Crippen molar-refractivity contribution in [1.29, 1.82) is 0 Å². The molecule has 1 N–H and O–H groups in total. The maximum Gasteiger partial charge on any atom is 0.240 e. The minimum Gasteiger partial charge on any atom is -0.486 e. The van der Waals surface area contributed by atoms with Crippen LogP contribution in [-0.2, 0) is 14.8 Å². The van der Waals surface area contributed by atoms with E-state index in [2.05, 4.69) is 4.72 Å². The predicted molar refractivity (Wildman–Crippen MR) is 92.3 cm³/mol. The molecule has 1 saturated carbocycles. The van der Waals surface area contributed by atoms with Crippen molar-refractivity contribution in [3.63, 3.8) is 0 Å². The SMILES string of the molecule is CC(=O)N(CCNS(=O)(=O)c1ccc2c(c1)OCCO2)C1CCCC1. The Hall–Kier alpha value is -1.80. The van der Waals surface area contributed by atoms with Crippen LogP contribution in [0.4, 0.5) is 0 Å². The molecule has 0 aromatic heterocycles. The van der Waals surface area contributed by atoms with Crippen LogP contribution in [0.2, 0.25) is 0 Å². The average molecular weight is 368 g/mol. The number of fused-ring (bicyclic) bond motifs is 1. The van der Waals surface area contributed by atoms with E-state index < -0.39 is 10.0 Å². The van der Waals surface area contributed by atoms with E-state index in [4.69, 9.17) is 9.47 Å². The molecule has 2 aliphatic rings. The van der Waals surface area contributed by atoms with Crippen LogP contribution in [0, 0.1) is 0 Å². The van der Waals surface area contributed by atoms with Gasteiger partial charge in [-0.2, -0.15) is 0 Å². The van der Waals surface area contributed by atoms with Crippen molar-refractivity contribution in [3.8, 4) is 11.5 Å². The molecule has 0 atom stereocenters. The molecule has 1 heterocycles. The molecule has 1 amide bonds. The Bertz CT molecular complexity index is 729. The highest BCUT2D eigenvalue weighted by atomic mass is 32.2. The third-order valence-corrected chi connectivity index (χ3v) is 6.10. The molecule has 1 aliphatic heterocycles. The van der Waals surface area contributed by atoms with Crippen LogP contribution in [-0.4, -0.2) is 51.6 Å². The molecule has 138 valence electrons. The molecule has 0 bridgehead atoms. The van der Waals surface area contributed by atoms with Gasteiger partial charge < -0.3 is 14.4 Å². The van der Waals surface area contributed by atoms with Gasteiger partial charge in [-0.1, -0.05) is 12.8 Å². The first kappa shape index (κ1) is 18.0. The normalized spacial score (nSPS) is 17.5. The highest BCUT2D eigenvalue weighted by molar-refractivity contribution is 7.89. The summed E-state index contributed by atoms with van der Waals surface area (Å²) in [4.78, 5) is 13.7. The van der Waals surface area contributed by atoms with Crippen molar-refractivity contribution < 1.29 is 22.7 Å². The van der Waals surface area contributed by atoms with Crippen LogP contribution in [0.1, 0.15) is 32.6 Å². The Kier molecular flexibility index (Phi) is 5.48. The fraction of sp³-hybridized carbons (Fsp3) is 0.588. The zero-order chi connectivity index (χ0) is 17.9. The van der Waals surface area contributed by atoms with E-state index >= 15 is 0 Å². The third-order valence-electron chi connectivity index (χ3n) is 4.64.